The molecule has 0 radical (unpaired) electrons. The molecule has 1 N–H and O–H groups in total. The number of nitrogens with one attached hydrogen (secondary N) is 1. The zero-order chi connectivity index (χ0) is 15.0. The predicted octanol–water partition coefficient (Wildman–Crippen LogP) is 0.445. The van der Waals surface area contributed by atoms with Gasteiger partial charge in [0.25, 0.3) is 5.56 Å². The van der Waals surface area contributed by atoms with E-state index in [-0.39, 0.29) is 24.4 Å². The summed E-state index contributed by atoms with van der Waals surface area (Å²) >= 11 is 0. The summed E-state index contributed by atoms with van der Waals surface area (Å²) in [5.41, 5.74) is 1.64. The third kappa shape index (κ3) is 2.49. The van der Waals surface area contributed by atoms with Crippen LogP contribution < -0.4 is 10.9 Å². The molecule has 3 heterocycles. The third-order valence-corrected chi connectivity index (χ3v) is 3.36. The lowest BCUT2D eigenvalue weighted by molar-refractivity contribution is -0.129. The number of nitrogens with zero attached hydrogens (tertiary/aromatic N) is 3. The number of hydrogen-bond donors (Lipinski definition) is 1. The lowest BCUT2D eigenvalue weighted by Gasteiger charge is -2.25. The average molecular weight is 286 g/mol. The lowest BCUT2D eigenvalue weighted by atomic mass is 10.2. The first-order valence-electron chi connectivity index (χ1n) is 6.62. The monoisotopic (exact) mass is 286 g/mol. The van der Waals surface area contributed by atoms with E-state index in [2.05, 4.69) is 10.3 Å². The standard InChI is InChI=1S/C14H14N4O3/c1-9-3-5-17-11(6-9)16-10(7-13(17)20)8-18-12(19)2-4-15-14(18)21/h3,5-7H,2,4,8H2,1H3,(H,15,21). The van der Waals surface area contributed by atoms with Gasteiger partial charge in [-0.05, 0) is 24.6 Å². The highest BCUT2D eigenvalue weighted by atomic mass is 16.2. The molecule has 0 saturated carbocycles. The number of aryl methyl sites for hydroxylation is 1. The molecule has 21 heavy (non-hydrogen) atoms. The fourth-order valence-electron chi connectivity index (χ4n) is 2.28. The molecular weight excluding hydrogens is 272 g/mol. The maximum absolute atomic E-state index is 12.0. The Labute approximate surface area is 120 Å². The van der Waals surface area contributed by atoms with Crippen molar-refractivity contribution in [2.24, 2.45) is 0 Å². The first kappa shape index (κ1) is 13.3. The molecule has 3 rings (SSSR count). The number of amides is 3. The van der Waals surface area contributed by atoms with Gasteiger partial charge in [-0.3, -0.25) is 18.9 Å². The Morgan fingerprint density at radius 3 is 2.86 bits per heavy atom. The van der Waals surface area contributed by atoms with Crippen molar-refractivity contribution in [3.05, 3.63) is 46.0 Å². The molecule has 3 amide bonds. The van der Waals surface area contributed by atoms with Gasteiger partial charge in [0.1, 0.15) is 5.65 Å². The Bertz CT molecular complexity index is 780. The van der Waals surface area contributed by atoms with Crippen LogP contribution in [0.25, 0.3) is 5.65 Å². The zero-order valence-electron chi connectivity index (χ0n) is 11.5. The number of hydrogen-bond acceptors (Lipinski definition) is 4. The van der Waals surface area contributed by atoms with Crippen LogP contribution in [0.4, 0.5) is 4.79 Å². The maximum Gasteiger partial charge on any atom is 0.324 e. The van der Waals surface area contributed by atoms with Gasteiger partial charge < -0.3 is 5.32 Å². The molecule has 0 unspecified atom stereocenters. The molecule has 0 aromatic carbocycles. The molecule has 2 aromatic rings. The van der Waals surface area contributed by atoms with Crippen molar-refractivity contribution in [2.45, 2.75) is 19.9 Å². The van der Waals surface area contributed by atoms with E-state index in [1.807, 2.05) is 13.0 Å². The van der Waals surface area contributed by atoms with Crippen molar-refractivity contribution in [2.75, 3.05) is 6.54 Å². The van der Waals surface area contributed by atoms with E-state index in [1.165, 1.54) is 10.5 Å². The molecule has 0 aliphatic carbocycles. The highest BCUT2D eigenvalue weighted by Crippen LogP contribution is 2.08. The van der Waals surface area contributed by atoms with E-state index in [1.54, 1.807) is 12.3 Å². The topological polar surface area (TPSA) is 83.8 Å². The average Bonchev–Trinajstić information content (AvgIpc) is 2.42. The molecule has 7 heteroatoms. The van der Waals surface area contributed by atoms with E-state index in [4.69, 9.17) is 0 Å². The molecule has 1 fully saturated rings. The van der Waals surface area contributed by atoms with Crippen LogP contribution in [-0.4, -0.2) is 32.8 Å². The number of fused-ring (bicyclic) bond motifs is 1. The van der Waals surface area contributed by atoms with Crippen LogP contribution in [0.3, 0.4) is 0 Å². The van der Waals surface area contributed by atoms with Gasteiger partial charge in [-0.15, -0.1) is 0 Å². The largest absolute Gasteiger partial charge is 0.337 e. The van der Waals surface area contributed by atoms with Gasteiger partial charge in [-0.25, -0.2) is 9.78 Å². The van der Waals surface area contributed by atoms with Gasteiger partial charge in [0, 0.05) is 25.2 Å². The fourth-order valence-corrected chi connectivity index (χ4v) is 2.28. The number of urea groups is 1. The molecule has 1 saturated heterocycles. The van der Waals surface area contributed by atoms with Crippen molar-refractivity contribution < 1.29 is 9.59 Å². The number of aromatic nitrogens is 2. The molecule has 0 atom stereocenters. The fraction of sp³-hybridized carbons (Fsp3) is 0.286. The van der Waals surface area contributed by atoms with Crippen LogP contribution in [0.5, 0.6) is 0 Å². The third-order valence-electron chi connectivity index (χ3n) is 3.36. The van der Waals surface area contributed by atoms with Crippen LogP contribution in [0.15, 0.2) is 29.2 Å². The Kier molecular flexibility index (Phi) is 3.17. The highest BCUT2D eigenvalue weighted by molar-refractivity contribution is 5.96. The first-order valence-corrected chi connectivity index (χ1v) is 6.62. The van der Waals surface area contributed by atoms with Crippen LogP contribution in [0, 0.1) is 6.92 Å². The van der Waals surface area contributed by atoms with Gasteiger partial charge in [-0.1, -0.05) is 0 Å². The summed E-state index contributed by atoms with van der Waals surface area (Å²) in [5, 5.41) is 2.60. The number of imide groups is 1. The first-order chi connectivity index (χ1) is 10.0. The number of carbonyl (C=O) groups excluding carboxylic acids is 2. The summed E-state index contributed by atoms with van der Waals surface area (Å²) in [7, 11) is 0. The Morgan fingerprint density at radius 1 is 1.29 bits per heavy atom. The minimum Gasteiger partial charge on any atom is -0.337 e. The van der Waals surface area contributed by atoms with Gasteiger partial charge in [0.15, 0.2) is 0 Å². The minimum atomic E-state index is -0.447. The van der Waals surface area contributed by atoms with Gasteiger partial charge >= 0.3 is 6.03 Å². The molecule has 2 aromatic heterocycles. The number of rotatable bonds is 2. The van der Waals surface area contributed by atoms with Gasteiger partial charge in [-0.2, -0.15) is 0 Å². The lowest BCUT2D eigenvalue weighted by Crippen LogP contribution is -2.49. The Morgan fingerprint density at radius 2 is 2.10 bits per heavy atom. The number of carbonyl (C=O) groups is 2. The predicted molar refractivity (Wildman–Crippen MR) is 74.8 cm³/mol. The number of pyridine rings is 1. The van der Waals surface area contributed by atoms with E-state index < -0.39 is 6.03 Å². The summed E-state index contributed by atoms with van der Waals surface area (Å²) < 4.78 is 1.43. The molecule has 0 spiro atoms. The molecule has 0 bridgehead atoms. The summed E-state index contributed by atoms with van der Waals surface area (Å²) in [5.74, 6) is -0.259. The van der Waals surface area contributed by atoms with Crippen molar-refractivity contribution in [1.29, 1.82) is 0 Å². The molecular formula is C14H14N4O3. The minimum absolute atomic E-state index is 0.00431. The van der Waals surface area contributed by atoms with Gasteiger partial charge in [0.05, 0.1) is 12.2 Å². The highest BCUT2D eigenvalue weighted by Gasteiger charge is 2.26. The van der Waals surface area contributed by atoms with Crippen molar-refractivity contribution in [3.63, 3.8) is 0 Å². The van der Waals surface area contributed by atoms with E-state index in [9.17, 15) is 14.4 Å². The quantitative estimate of drug-likeness (QED) is 0.868. The Balaban J connectivity index is 1.99. The van der Waals surface area contributed by atoms with Crippen LogP contribution in [0.1, 0.15) is 17.7 Å². The normalized spacial score (nSPS) is 15.4. The van der Waals surface area contributed by atoms with E-state index in [0.29, 0.717) is 17.9 Å². The SMILES string of the molecule is Cc1ccn2c(=O)cc(CN3C(=O)CCNC3=O)nc2c1. The second kappa shape index (κ2) is 5.01. The second-order valence-electron chi connectivity index (χ2n) is 4.98. The smallest absolute Gasteiger partial charge is 0.324 e. The molecule has 1 aliphatic rings. The van der Waals surface area contributed by atoms with Crippen LogP contribution in [0.2, 0.25) is 0 Å². The molecule has 1 aliphatic heterocycles. The van der Waals surface area contributed by atoms with Crippen molar-refractivity contribution in [3.8, 4) is 0 Å². The van der Waals surface area contributed by atoms with Crippen molar-refractivity contribution in [1.82, 2.24) is 19.6 Å². The second-order valence-corrected chi connectivity index (χ2v) is 4.98. The van der Waals surface area contributed by atoms with Crippen LogP contribution in [-0.2, 0) is 11.3 Å². The van der Waals surface area contributed by atoms with Crippen LogP contribution >= 0.6 is 0 Å². The molecule has 7 nitrogen and oxygen atoms in total. The molecule has 108 valence electrons. The zero-order valence-corrected chi connectivity index (χ0v) is 11.5. The summed E-state index contributed by atoms with van der Waals surface area (Å²) in [4.78, 5) is 40.9. The van der Waals surface area contributed by atoms with Crippen molar-refractivity contribution >= 4 is 17.6 Å². The summed E-state index contributed by atoms with van der Waals surface area (Å²) in [6.07, 6.45) is 1.92. The Hall–Kier alpha value is -2.70. The van der Waals surface area contributed by atoms with Gasteiger partial charge in [0.2, 0.25) is 5.91 Å². The summed E-state index contributed by atoms with van der Waals surface area (Å²) in [6.45, 7) is 2.26. The maximum atomic E-state index is 12.0. The van der Waals surface area contributed by atoms with E-state index >= 15 is 0 Å². The summed E-state index contributed by atoms with van der Waals surface area (Å²) in [6, 6.07) is 4.50. The van der Waals surface area contributed by atoms with E-state index in [0.717, 1.165) is 10.5 Å².